The standard InChI is InChI=1S/C22H23N5O3/c1-4-30-18-11-15(9-10-17(18)28)20-19(14(3)25-22-23-12-24-27(20)22)21(29)26-16-8-6-5-7-13(16)2/h5-12,20,28H,4H2,1-3H3,(H,26,29)(H,23,24,25)/t20-/m1/s1. The van der Waals surface area contributed by atoms with Gasteiger partial charge in [0.2, 0.25) is 5.95 Å². The van der Waals surface area contributed by atoms with Crippen LogP contribution < -0.4 is 15.4 Å². The zero-order valence-electron chi connectivity index (χ0n) is 17.0. The highest BCUT2D eigenvalue weighted by Gasteiger charge is 2.34. The number of allylic oxidation sites excluding steroid dienone is 1. The molecule has 1 aliphatic rings. The number of phenols is 1. The van der Waals surface area contributed by atoms with Gasteiger partial charge in [0.05, 0.1) is 12.2 Å². The summed E-state index contributed by atoms with van der Waals surface area (Å²) in [6.07, 6.45) is 1.44. The largest absolute Gasteiger partial charge is 0.504 e. The lowest BCUT2D eigenvalue weighted by Gasteiger charge is -2.29. The summed E-state index contributed by atoms with van der Waals surface area (Å²) in [4.78, 5) is 17.6. The molecule has 1 aliphatic heterocycles. The summed E-state index contributed by atoms with van der Waals surface area (Å²) in [5.41, 5.74) is 3.64. The SMILES string of the molecule is CCOc1cc([C@@H]2C(C(=O)Nc3ccccc3C)=C(C)Nc3ncnn32)ccc1O. The van der Waals surface area contributed by atoms with E-state index >= 15 is 0 Å². The van der Waals surface area contributed by atoms with Crippen molar-refractivity contribution in [3.8, 4) is 11.5 Å². The van der Waals surface area contributed by atoms with Crippen LogP contribution in [0.15, 0.2) is 60.1 Å². The molecule has 0 aliphatic carbocycles. The average molecular weight is 405 g/mol. The van der Waals surface area contributed by atoms with E-state index in [2.05, 4.69) is 20.7 Å². The second kappa shape index (κ2) is 7.90. The Morgan fingerprint density at radius 1 is 1.27 bits per heavy atom. The minimum atomic E-state index is -0.535. The second-order valence-electron chi connectivity index (χ2n) is 7.02. The topological polar surface area (TPSA) is 101 Å². The smallest absolute Gasteiger partial charge is 0.255 e. The fourth-order valence-electron chi connectivity index (χ4n) is 3.57. The lowest BCUT2D eigenvalue weighted by atomic mass is 9.94. The minimum Gasteiger partial charge on any atom is -0.504 e. The molecule has 4 rings (SSSR count). The van der Waals surface area contributed by atoms with Crippen LogP contribution in [0.5, 0.6) is 11.5 Å². The summed E-state index contributed by atoms with van der Waals surface area (Å²) in [5, 5.41) is 20.6. The predicted molar refractivity (Wildman–Crippen MR) is 114 cm³/mol. The van der Waals surface area contributed by atoms with Crippen LogP contribution in [0, 0.1) is 6.92 Å². The number of benzene rings is 2. The molecule has 0 unspecified atom stereocenters. The van der Waals surface area contributed by atoms with E-state index in [9.17, 15) is 9.90 Å². The number of amides is 1. The van der Waals surface area contributed by atoms with Crippen molar-refractivity contribution in [1.29, 1.82) is 0 Å². The number of rotatable bonds is 5. The van der Waals surface area contributed by atoms with Crippen molar-refractivity contribution >= 4 is 17.5 Å². The maximum Gasteiger partial charge on any atom is 0.255 e. The number of hydrogen-bond donors (Lipinski definition) is 3. The summed E-state index contributed by atoms with van der Waals surface area (Å²) < 4.78 is 7.20. The lowest BCUT2D eigenvalue weighted by molar-refractivity contribution is -0.113. The first-order valence-corrected chi connectivity index (χ1v) is 9.69. The number of phenolic OH excluding ortho intramolecular Hbond substituents is 1. The van der Waals surface area contributed by atoms with E-state index in [1.807, 2.05) is 45.0 Å². The fourth-order valence-corrected chi connectivity index (χ4v) is 3.57. The highest BCUT2D eigenvalue weighted by Crippen LogP contribution is 2.38. The van der Waals surface area contributed by atoms with Crippen LogP contribution in [-0.4, -0.2) is 32.4 Å². The van der Waals surface area contributed by atoms with Crippen LogP contribution in [-0.2, 0) is 4.79 Å². The van der Waals surface area contributed by atoms with E-state index in [0.29, 0.717) is 29.6 Å². The number of carbonyl (C=O) groups excluding carboxylic acids is 1. The third kappa shape index (κ3) is 3.47. The molecule has 154 valence electrons. The van der Waals surface area contributed by atoms with E-state index < -0.39 is 6.04 Å². The number of hydrogen-bond acceptors (Lipinski definition) is 6. The number of aryl methyl sites for hydroxylation is 1. The lowest BCUT2D eigenvalue weighted by Crippen LogP contribution is -2.31. The molecule has 2 aromatic carbocycles. The summed E-state index contributed by atoms with van der Waals surface area (Å²) in [6, 6.07) is 12.1. The first kappa shape index (κ1) is 19.5. The second-order valence-corrected chi connectivity index (χ2v) is 7.02. The molecular weight excluding hydrogens is 382 g/mol. The Hall–Kier alpha value is -3.81. The molecule has 1 atom stereocenters. The summed E-state index contributed by atoms with van der Waals surface area (Å²) in [7, 11) is 0. The number of carbonyl (C=O) groups is 1. The Balaban J connectivity index is 1.79. The van der Waals surface area contributed by atoms with E-state index in [1.165, 1.54) is 6.33 Å². The van der Waals surface area contributed by atoms with E-state index in [-0.39, 0.29) is 11.7 Å². The number of fused-ring (bicyclic) bond motifs is 1. The molecule has 0 bridgehead atoms. The zero-order chi connectivity index (χ0) is 21.3. The Bertz CT molecular complexity index is 1140. The van der Waals surface area contributed by atoms with Crippen molar-refractivity contribution in [2.45, 2.75) is 26.8 Å². The van der Waals surface area contributed by atoms with Crippen LogP contribution in [0.4, 0.5) is 11.6 Å². The molecule has 8 heteroatoms. The van der Waals surface area contributed by atoms with Gasteiger partial charge in [0, 0.05) is 11.4 Å². The van der Waals surface area contributed by atoms with Crippen molar-refractivity contribution in [1.82, 2.24) is 14.8 Å². The van der Waals surface area contributed by atoms with Crippen LogP contribution in [0.25, 0.3) is 0 Å². The van der Waals surface area contributed by atoms with Crippen molar-refractivity contribution in [3.63, 3.8) is 0 Å². The van der Waals surface area contributed by atoms with Gasteiger partial charge in [-0.1, -0.05) is 24.3 Å². The number of nitrogens with zero attached hydrogens (tertiary/aromatic N) is 3. The summed E-state index contributed by atoms with van der Waals surface area (Å²) in [5.74, 6) is 0.689. The molecule has 1 amide bonds. The molecule has 0 saturated heterocycles. The monoisotopic (exact) mass is 405 g/mol. The van der Waals surface area contributed by atoms with Gasteiger partial charge in [0.1, 0.15) is 12.4 Å². The van der Waals surface area contributed by atoms with Gasteiger partial charge >= 0.3 is 0 Å². The number of ether oxygens (including phenoxy) is 1. The van der Waals surface area contributed by atoms with Crippen LogP contribution in [0.3, 0.4) is 0 Å². The summed E-state index contributed by atoms with van der Waals surface area (Å²) >= 11 is 0. The highest BCUT2D eigenvalue weighted by molar-refractivity contribution is 6.06. The Kier molecular flexibility index (Phi) is 5.14. The molecule has 30 heavy (non-hydrogen) atoms. The molecule has 1 aromatic heterocycles. The fraction of sp³-hybridized carbons (Fsp3) is 0.227. The maximum atomic E-state index is 13.4. The summed E-state index contributed by atoms with van der Waals surface area (Å²) in [6.45, 7) is 6.03. The number of anilines is 2. The molecule has 3 aromatic rings. The molecule has 0 spiro atoms. The van der Waals surface area contributed by atoms with Gasteiger partial charge in [-0.3, -0.25) is 4.79 Å². The third-order valence-electron chi connectivity index (χ3n) is 5.03. The van der Waals surface area contributed by atoms with E-state index in [1.54, 1.807) is 22.9 Å². The van der Waals surface area contributed by atoms with Gasteiger partial charge in [-0.2, -0.15) is 10.1 Å². The van der Waals surface area contributed by atoms with Crippen molar-refractivity contribution in [2.24, 2.45) is 0 Å². The molecule has 0 saturated carbocycles. The van der Waals surface area contributed by atoms with Crippen molar-refractivity contribution in [2.75, 3.05) is 17.2 Å². The predicted octanol–water partition coefficient (Wildman–Crippen LogP) is 3.62. The normalized spacial score (nSPS) is 15.4. The number of nitrogens with one attached hydrogen (secondary N) is 2. The van der Waals surface area contributed by atoms with Crippen molar-refractivity contribution in [3.05, 3.63) is 71.2 Å². The van der Waals surface area contributed by atoms with E-state index in [0.717, 1.165) is 16.8 Å². The Morgan fingerprint density at radius 2 is 2.07 bits per heavy atom. The van der Waals surface area contributed by atoms with Gasteiger partial charge in [-0.25, -0.2) is 4.68 Å². The zero-order valence-corrected chi connectivity index (χ0v) is 17.0. The quantitative estimate of drug-likeness (QED) is 0.599. The number of aromatic hydroxyl groups is 1. The van der Waals surface area contributed by atoms with E-state index in [4.69, 9.17) is 4.74 Å². The van der Waals surface area contributed by atoms with Gasteiger partial charge in [-0.05, 0) is 50.1 Å². The van der Waals surface area contributed by atoms with Gasteiger partial charge in [-0.15, -0.1) is 0 Å². The third-order valence-corrected chi connectivity index (χ3v) is 5.03. The van der Waals surface area contributed by atoms with Crippen LogP contribution in [0.1, 0.15) is 31.0 Å². The molecule has 2 heterocycles. The first-order valence-electron chi connectivity index (χ1n) is 9.69. The van der Waals surface area contributed by atoms with Crippen molar-refractivity contribution < 1.29 is 14.6 Å². The van der Waals surface area contributed by atoms with Gasteiger partial charge < -0.3 is 20.5 Å². The first-order chi connectivity index (χ1) is 14.5. The van der Waals surface area contributed by atoms with Gasteiger partial charge in [0.15, 0.2) is 11.5 Å². The molecule has 0 fully saturated rings. The Morgan fingerprint density at radius 3 is 2.83 bits per heavy atom. The van der Waals surface area contributed by atoms with Crippen LogP contribution >= 0.6 is 0 Å². The maximum absolute atomic E-state index is 13.4. The molecule has 8 nitrogen and oxygen atoms in total. The molecule has 0 radical (unpaired) electrons. The Labute approximate surface area is 174 Å². The number of aromatic nitrogens is 3. The minimum absolute atomic E-state index is 0.0416. The molecular formula is C22H23N5O3. The molecule has 3 N–H and O–H groups in total. The van der Waals surface area contributed by atoms with Gasteiger partial charge in [0.25, 0.3) is 5.91 Å². The van der Waals surface area contributed by atoms with Crippen LogP contribution in [0.2, 0.25) is 0 Å². The average Bonchev–Trinajstić information content (AvgIpc) is 3.18. The highest BCUT2D eigenvalue weighted by atomic mass is 16.5. The number of para-hydroxylation sites is 1.